The predicted octanol–water partition coefficient (Wildman–Crippen LogP) is 5.33. The fraction of sp³-hybridized carbons (Fsp3) is 0.312. The molecule has 1 heterocycles. The number of pyridine rings is 1. The summed E-state index contributed by atoms with van der Waals surface area (Å²) in [6.07, 6.45) is 3.38. The highest BCUT2D eigenvalue weighted by molar-refractivity contribution is 6.34. The summed E-state index contributed by atoms with van der Waals surface area (Å²) in [5.41, 5.74) is 1.87. The molecule has 0 radical (unpaired) electrons. The number of benzene rings is 1. The van der Waals surface area contributed by atoms with Gasteiger partial charge < -0.3 is 5.32 Å². The number of nitrogens with zero attached hydrogens (tertiary/aromatic N) is 1. The van der Waals surface area contributed by atoms with Crippen molar-refractivity contribution in [1.82, 2.24) is 10.3 Å². The molecular formula is C16H17Cl3N2. The Kier molecular flexibility index (Phi) is 6.31. The van der Waals surface area contributed by atoms with Gasteiger partial charge in [0.25, 0.3) is 0 Å². The van der Waals surface area contributed by atoms with Gasteiger partial charge in [0, 0.05) is 11.2 Å². The third-order valence-electron chi connectivity index (χ3n) is 3.19. The first-order valence-electron chi connectivity index (χ1n) is 6.89. The van der Waals surface area contributed by atoms with Gasteiger partial charge in [0.1, 0.15) is 0 Å². The van der Waals surface area contributed by atoms with Crippen molar-refractivity contribution in [3.8, 4) is 0 Å². The number of hydrogen-bond acceptors (Lipinski definition) is 2. The first-order valence-corrected chi connectivity index (χ1v) is 8.03. The average Bonchev–Trinajstić information content (AvgIpc) is 2.46. The SMILES string of the molecule is CCCNC(Cc1ccccc1Cl)c1ncc(Cl)cc1Cl. The molecule has 21 heavy (non-hydrogen) atoms. The van der Waals surface area contributed by atoms with Gasteiger partial charge in [-0.3, -0.25) is 4.98 Å². The lowest BCUT2D eigenvalue weighted by Gasteiger charge is -2.20. The first-order chi connectivity index (χ1) is 10.1. The lowest BCUT2D eigenvalue weighted by molar-refractivity contribution is 0.518. The van der Waals surface area contributed by atoms with Gasteiger partial charge in [0.15, 0.2) is 0 Å². The van der Waals surface area contributed by atoms with Crippen LogP contribution in [0.4, 0.5) is 0 Å². The van der Waals surface area contributed by atoms with Crippen LogP contribution in [0.15, 0.2) is 36.5 Å². The minimum Gasteiger partial charge on any atom is -0.308 e. The molecule has 2 rings (SSSR count). The molecule has 0 saturated carbocycles. The monoisotopic (exact) mass is 342 g/mol. The molecule has 0 spiro atoms. The van der Waals surface area contributed by atoms with E-state index in [0.29, 0.717) is 10.0 Å². The van der Waals surface area contributed by atoms with E-state index in [-0.39, 0.29) is 6.04 Å². The number of aromatic nitrogens is 1. The number of nitrogens with one attached hydrogen (secondary N) is 1. The van der Waals surface area contributed by atoms with E-state index in [0.717, 1.165) is 35.7 Å². The summed E-state index contributed by atoms with van der Waals surface area (Å²) < 4.78 is 0. The first kappa shape index (κ1) is 16.6. The van der Waals surface area contributed by atoms with Crippen molar-refractivity contribution in [2.45, 2.75) is 25.8 Å². The van der Waals surface area contributed by atoms with Crippen molar-refractivity contribution in [2.24, 2.45) is 0 Å². The quantitative estimate of drug-likeness (QED) is 0.767. The van der Waals surface area contributed by atoms with Crippen LogP contribution in [0.5, 0.6) is 0 Å². The Hall–Kier alpha value is -0.800. The van der Waals surface area contributed by atoms with Gasteiger partial charge in [-0.05, 0) is 37.1 Å². The second kappa shape index (κ2) is 8.00. The van der Waals surface area contributed by atoms with Crippen LogP contribution in [-0.2, 0) is 6.42 Å². The lowest BCUT2D eigenvalue weighted by atomic mass is 10.0. The maximum atomic E-state index is 6.29. The smallest absolute Gasteiger partial charge is 0.0763 e. The predicted molar refractivity (Wildman–Crippen MR) is 90.4 cm³/mol. The molecule has 2 aromatic rings. The summed E-state index contributed by atoms with van der Waals surface area (Å²) in [7, 11) is 0. The zero-order valence-corrected chi connectivity index (χ0v) is 14.0. The van der Waals surface area contributed by atoms with Gasteiger partial charge in [0.2, 0.25) is 0 Å². The van der Waals surface area contributed by atoms with Gasteiger partial charge in [0.05, 0.1) is 21.8 Å². The minimum atomic E-state index is 0.00890. The Morgan fingerprint density at radius 2 is 1.90 bits per heavy atom. The average molecular weight is 344 g/mol. The van der Waals surface area contributed by atoms with Crippen LogP contribution in [0.1, 0.15) is 30.6 Å². The minimum absolute atomic E-state index is 0.00890. The molecule has 0 amide bonds. The Morgan fingerprint density at radius 1 is 1.14 bits per heavy atom. The molecule has 0 aliphatic rings. The van der Waals surface area contributed by atoms with Crippen LogP contribution >= 0.6 is 34.8 Å². The molecule has 2 nitrogen and oxygen atoms in total. The molecule has 1 aromatic carbocycles. The molecule has 1 atom stereocenters. The summed E-state index contributed by atoms with van der Waals surface area (Å²) in [5.74, 6) is 0. The Morgan fingerprint density at radius 3 is 2.57 bits per heavy atom. The molecule has 0 bridgehead atoms. The van der Waals surface area contributed by atoms with Crippen LogP contribution in [0.2, 0.25) is 15.1 Å². The summed E-state index contributed by atoms with van der Waals surface area (Å²) in [6, 6.07) is 9.55. The molecule has 0 fully saturated rings. The van der Waals surface area contributed by atoms with Gasteiger partial charge in [-0.2, -0.15) is 0 Å². The number of hydrogen-bond donors (Lipinski definition) is 1. The zero-order valence-electron chi connectivity index (χ0n) is 11.7. The van der Waals surface area contributed by atoms with Crippen molar-refractivity contribution in [1.29, 1.82) is 0 Å². The summed E-state index contributed by atoms with van der Waals surface area (Å²) in [5, 5.41) is 5.34. The van der Waals surface area contributed by atoms with Crippen LogP contribution in [-0.4, -0.2) is 11.5 Å². The third-order valence-corrected chi connectivity index (χ3v) is 4.07. The van der Waals surface area contributed by atoms with E-state index in [9.17, 15) is 0 Å². The van der Waals surface area contributed by atoms with Crippen molar-refractivity contribution in [3.05, 3.63) is 62.9 Å². The molecule has 1 N–H and O–H groups in total. The van der Waals surface area contributed by atoms with E-state index in [2.05, 4.69) is 17.2 Å². The van der Waals surface area contributed by atoms with E-state index in [1.165, 1.54) is 0 Å². The highest BCUT2D eigenvalue weighted by Gasteiger charge is 2.17. The number of halogens is 3. The van der Waals surface area contributed by atoms with E-state index in [1.54, 1.807) is 12.3 Å². The molecule has 1 unspecified atom stereocenters. The molecule has 0 saturated heterocycles. The molecule has 0 aliphatic heterocycles. The maximum absolute atomic E-state index is 6.29. The number of rotatable bonds is 6. The second-order valence-corrected chi connectivity index (χ2v) is 6.07. The van der Waals surface area contributed by atoms with Gasteiger partial charge >= 0.3 is 0 Å². The van der Waals surface area contributed by atoms with Gasteiger partial charge in [-0.15, -0.1) is 0 Å². The third kappa shape index (κ3) is 4.58. The highest BCUT2D eigenvalue weighted by Crippen LogP contribution is 2.28. The van der Waals surface area contributed by atoms with Crippen molar-refractivity contribution in [3.63, 3.8) is 0 Å². The molecular weight excluding hydrogens is 327 g/mol. The van der Waals surface area contributed by atoms with E-state index in [1.807, 2.05) is 24.3 Å². The van der Waals surface area contributed by atoms with Crippen LogP contribution < -0.4 is 5.32 Å². The maximum Gasteiger partial charge on any atom is 0.0763 e. The fourth-order valence-corrected chi connectivity index (χ4v) is 2.87. The molecule has 5 heteroatoms. The van der Waals surface area contributed by atoms with Gasteiger partial charge in [-0.25, -0.2) is 0 Å². The van der Waals surface area contributed by atoms with Crippen LogP contribution in [0, 0.1) is 0 Å². The standard InChI is InChI=1S/C16H17Cl3N2/c1-2-7-20-15(8-11-5-3-4-6-13(11)18)16-14(19)9-12(17)10-21-16/h3-6,9-10,15,20H,2,7-8H2,1H3. The fourth-order valence-electron chi connectivity index (χ4n) is 2.15. The van der Waals surface area contributed by atoms with Crippen molar-refractivity contribution >= 4 is 34.8 Å². The summed E-state index contributed by atoms with van der Waals surface area (Å²) >= 11 is 18.5. The zero-order chi connectivity index (χ0) is 15.2. The van der Waals surface area contributed by atoms with Crippen molar-refractivity contribution < 1.29 is 0 Å². The normalized spacial score (nSPS) is 12.4. The highest BCUT2D eigenvalue weighted by atomic mass is 35.5. The topological polar surface area (TPSA) is 24.9 Å². The largest absolute Gasteiger partial charge is 0.308 e. The van der Waals surface area contributed by atoms with Crippen molar-refractivity contribution in [2.75, 3.05) is 6.54 Å². The van der Waals surface area contributed by atoms with E-state index >= 15 is 0 Å². The second-order valence-electron chi connectivity index (χ2n) is 4.82. The van der Waals surface area contributed by atoms with E-state index in [4.69, 9.17) is 34.8 Å². The Bertz CT molecular complexity index is 602. The summed E-state index contributed by atoms with van der Waals surface area (Å²) in [4.78, 5) is 4.39. The van der Waals surface area contributed by atoms with Crippen LogP contribution in [0.3, 0.4) is 0 Å². The van der Waals surface area contributed by atoms with E-state index < -0.39 is 0 Å². The Balaban J connectivity index is 2.27. The molecule has 1 aromatic heterocycles. The molecule has 0 aliphatic carbocycles. The lowest BCUT2D eigenvalue weighted by Crippen LogP contribution is -2.25. The molecule has 112 valence electrons. The van der Waals surface area contributed by atoms with Gasteiger partial charge in [-0.1, -0.05) is 59.9 Å². The summed E-state index contributed by atoms with van der Waals surface area (Å²) in [6.45, 7) is 3.01. The Labute approximate surface area is 140 Å². The van der Waals surface area contributed by atoms with Crippen LogP contribution in [0.25, 0.3) is 0 Å².